The van der Waals surface area contributed by atoms with Crippen molar-refractivity contribution in [3.63, 3.8) is 0 Å². The molecule has 0 radical (unpaired) electrons. The number of rotatable bonds is 5. The second kappa shape index (κ2) is 5.62. The van der Waals surface area contributed by atoms with Gasteiger partial charge in [0.1, 0.15) is 0 Å². The monoisotopic (exact) mass is 194 g/mol. The van der Waals surface area contributed by atoms with Gasteiger partial charge in [-0.2, -0.15) is 0 Å². The first-order chi connectivity index (χ1) is 6.81. The molecular weight excluding hydrogens is 176 g/mol. The molecule has 0 bridgehead atoms. The van der Waals surface area contributed by atoms with E-state index >= 15 is 0 Å². The predicted octanol–water partition coefficient (Wildman–Crippen LogP) is 0.964. The van der Waals surface area contributed by atoms with Gasteiger partial charge in [-0.1, -0.05) is 12.1 Å². The van der Waals surface area contributed by atoms with Gasteiger partial charge >= 0.3 is 0 Å². The molecule has 0 aliphatic rings. The zero-order valence-corrected chi connectivity index (χ0v) is 8.61. The summed E-state index contributed by atoms with van der Waals surface area (Å²) in [6, 6.07) is 8.13. The van der Waals surface area contributed by atoms with Crippen LogP contribution < -0.4 is 10.6 Å². The Kier molecular flexibility index (Phi) is 4.43. The van der Waals surface area contributed by atoms with Crippen molar-refractivity contribution in [3.05, 3.63) is 29.8 Å². The van der Waals surface area contributed by atoms with Crippen molar-refractivity contribution in [2.24, 2.45) is 5.73 Å². The van der Waals surface area contributed by atoms with Crippen LogP contribution in [-0.4, -0.2) is 24.8 Å². The van der Waals surface area contributed by atoms with Gasteiger partial charge < -0.3 is 15.7 Å². The van der Waals surface area contributed by atoms with Crippen LogP contribution >= 0.6 is 0 Å². The van der Waals surface area contributed by atoms with Gasteiger partial charge in [0.2, 0.25) is 0 Å². The minimum absolute atomic E-state index is 0.187. The smallest absolute Gasteiger partial charge is 0.0606 e. The van der Waals surface area contributed by atoms with Crippen LogP contribution in [0.4, 0.5) is 5.69 Å². The lowest BCUT2D eigenvalue weighted by atomic mass is 10.2. The molecule has 3 nitrogen and oxygen atoms in total. The van der Waals surface area contributed by atoms with E-state index in [1.54, 1.807) is 0 Å². The zero-order valence-electron chi connectivity index (χ0n) is 8.61. The summed E-state index contributed by atoms with van der Waals surface area (Å²) in [4.78, 5) is 2.13. The molecule has 3 heteroatoms. The number of hydrogen-bond donors (Lipinski definition) is 2. The highest BCUT2D eigenvalue weighted by molar-refractivity contribution is 5.47. The molecule has 0 saturated heterocycles. The molecule has 0 aliphatic heterocycles. The predicted molar refractivity (Wildman–Crippen MR) is 59.3 cm³/mol. The Hall–Kier alpha value is -1.06. The molecule has 3 N–H and O–H groups in total. The van der Waals surface area contributed by atoms with Crippen LogP contribution in [0.25, 0.3) is 0 Å². The van der Waals surface area contributed by atoms with Crippen molar-refractivity contribution in [2.45, 2.75) is 13.5 Å². The van der Waals surface area contributed by atoms with Gasteiger partial charge in [0, 0.05) is 25.3 Å². The Labute approximate surface area is 85.2 Å². The van der Waals surface area contributed by atoms with E-state index in [1.165, 1.54) is 0 Å². The minimum Gasteiger partial charge on any atom is -0.395 e. The van der Waals surface area contributed by atoms with Gasteiger partial charge in [0.15, 0.2) is 0 Å². The molecule has 1 aromatic carbocycles. The maximum atomic E-state index is 8.87. The number of likely N-dealkylation sites (N-methyl/N-ethyl adjacent to an activating group) is 1. The van der Waals surface area contributed by atoms with Crippen LogP contribution in [0.3, 0.4) is 0 Å². The summed E-state index contributed by atoms with van der Waals surface area (Å²) < 4.78 is 0. The molecule has 0 heterocycles. The standard InChI is InChI=1S/C11H18N2O/c1-2-13(7-8-14)11-5-3-10(9-12)4-6-11/h3-6,14H,2,7-9,12H2,1H3. The van der Waals surface area contributed by atoms with Crippen molar-refractivity contribution in [1.82, 2.24) is 0 Å². The van der Waals surface area contributed by atoms with E-state index in [4.69, 9.17) is 10.8 Å². The van der Waals surface area contributed by atoms with Crippen LogP contribution in [-0.2, 0) is 6.54 Å². The molecule has 0 aromatic heterocycles. The van der Waals surface area contributed by atoms with Crippen molar-refractivity contribution in [1.29, 1.82) is 0 Å². The SMILES string of the molecule is CCN(CCO)c1ccc(CN)cc1. The van der Waals surface area contributed by atoms with E-state index in [0.29, 0.717) is 13.1 Å². The highest BCUT2D eigenvalue weighted by atomic mass is 16.3. The summed E-state index contributed by atoms with van der Waals surface area (Å²) >= 11 is 0. The number of nitrogens with zero attached hydrogens (tertiary/aromatic N) is 1. The minimum atomic E-state index is 0.187. The molecule has 0 spiro atoms. The summed E-state index contributed by atoms with van der Waals surface area (Å²) in [5.74, 6) is 0. The molecule has 0 amide bonds. The third-order valence-electron chi connectivity index (χ3n) is 2.29. The number of anilines is 1. The topological polar surface area (TPSA) is 49.5 Å². The van der Waals surface area contributed by atoms with Crippen LogP contribution in [0.2, 0.25) is 0 Å². The van der Waals surface area contributed by atoms with Gasteiger partial charge in [0.25, 0.3) is 0 Å². The first-order valence-corrected chi connectivity index (χ1v) is 4.96. The molecular formula is C11H18N2O. The third-order valence-corrected chi connectivity index (χ3v) is 2.29. The molecule has 1 aromatic rings. The van der Waals surface area contributed by atoms with Gasteiger partial charge in [-0.15, -0.1) is 0 Å². The van der Waals surface area contributed by atoms with Crippen molar-refractivity contribution in [3.8, 4) is 0 Å². The van der Waals surface area contributed by atoms with Crippen LogP contribution in [0.5, 0.6) is 0 Å². The van der Waals surface area contributed by atoms with E-state index in [2.05, 4.69) is 11.8 Å². The molecule has 14 heavy (non-hydrogen) atoms. The number of hydrogen-bond acceptors (Lipinski definition) is 3. The van der Waals surface area contributed by atoms with Gasteiger partial charge in [0.05, 0.1) is 6.61 Å². The molecule has 78 valence electrons. The number of nitrogens with two attached hydrogens (primary N) is 1. The first kappa shape index (κ1) is 11.0. The maximum absolute atomic E-state index is 8.87. The van der Waals surface area contributed by atoms with E-state index in [1.807, 2.05) is 24.3 Å². The van der Waals surface area contributed by atoms with E-state index in [9.17, 15) is 0 Å². The summed E-state index contributed by atoms with van der Waals surface area (Å²) in [6.07, 6.45) is 0. The van der Waals surface area contributed by atoms with Crippen molar-refractivity contribution >= 4 is 5.69 Å². The Morgan fingerprint density at radius 2 is 1.93 bits per heavy atom. The van der Waals surface area contributed by atoms with Crippen LogP contribution in [0.15, 0.2) is 24.3 Å². The highest BCUT2D eigenvalue weighted by Gasteiger charge is 2.02. The van der Waals surface area contributed by atoms with Gasteiger partial charge in [-0.3, -0.25) is 0 Å². The molecule has 0 aliphatic carbocycles. The quantitative estimate of drug-likeness (QED) is 0.734. The summed E-state index contributed by atoms with van der Waals surface area (Å²) in [5.41, 5.74) is 7.78. The molecule has 0 unspecified atom stereocenters. The Balaban J connectivity index is 2.73. The van der Waals surface area contributed by atoms with Gasteiger partial charge in [-0.05, 0) is 24.6 Å². The van der Waals surface area contributed by atoms with E-state index in [0.717, 1.165) is 17.8 Å². The number of benzene rings is 1. The Bertz CT molecular complexity index is 258. The van der Waals surface area contributed by atoms with E-state index in [-0.39, 0.29) is 6.61 Å². The lowest BCUT2D eigenvalue weighted by molar-refractivity contribution is 0.302. The Morgan fingerprint density at radius 3 is 2.36 bits per heavy atom. The highest BCUT2D eigenvalue weighted by Crippen LogP contribution is 2.14. The summed E-state index contributed by atoms with van der Waals surface area (Å²) in [7, 11) is 0. The van der Waals surface area contributed by atoms with Crippen LogP contribution in [0.1, 0.15) is 12.5 Å². The van der Waals surface area contributed by atoms with Crippen molar-refractivity contribution < 1.29 is 5.11 Å². The largest absolute Gasteiger partial charge is 0.395 e. The summed E-state index contributed by atoms with van der Waals surface area (Å²) in [5, 5.41) is 8.87. The third kappa shape index (κ3) is 2.72. The molecule has 0 saturated carbocycles. The first-order valence-electron chi connectivity index (χ1n) is 4.96. The fraction of sp³-hybridized carbons (Fsp3) is 0.455. The number of aliphatic hydroxyl groups is 1. The van der Waals surface area contributed by atoms with Gasteiger partial charge in [-0.25, -0.2) is 0 Å². The lowest BCUT2D eigenvalue weighted by Crippen LogP contribution is -2.26. The fourth-order valence-electron chi connectivity index (χ4n) is 1.43. The second-order valence-corrected chi connectivity index (χ2v) is 3.17. The van der Waals surface area contributed by atoms with Crippen LogP contribution in [0, 0.1) is 0 Å². The zero-order chi connectivity index (χ0) is 10.4. The van der Waals surface area contributed by atoms with E-state index < -0.39 is 0 Å². The van der Waals surface area contributed by atoms with Crippen molar-refractivity contribution in [2.75, 3.05) is 24.6 Å². The average molecular weight is 194 g/mol. The normalized spacial score (nSPS) is 10.2. The molecule has 0 atom stereocenters. The lowest BCUT2D eigenvalue weighted by Gasteiger charge is -2.22. The average Bonchev–Trinajstić information content (AvgIpc) is 2.26. The second-order valence-electron chi connectivity index (χ2n) is 3.17. The summed E-state index contributed by atoms with van der Waals surface area (Å²) in [6.45, 7) is 4.42. The fourth-order valence-corrected chi connectivity index (χ4v) is 1.43. The maximum Gasteiger partial charge on any atom is 0.0606 e. The Morgan fingerprint density at radius 1 is 1.29 bits per heavy atom. The molecule has 0 fully saturated rings. The number of aliphatic hydroxyl groups excluding tert-OH is 1. The molecule has 1 rings (SSSR count).